The Morgan fingerprint density at radius 1 is 0.857 bits per heavy atom. The smallest absolute Gasteiger partial charge is 0.243 e. The van der Waals surface area contributed by atoms with Crippen molar-refractivity contribution in [2.24, 2.45) is 11.0 Å². The second-order valence-corrected chi connectivity index (χ2v) is 6.94. The molecule has 1 N–H and O–H groups in total. The van der Waals surface area contributed by atoms with Gasteiger partial charge in [-0.15, -0.1) is 0 Å². The molecular weight excluding hydrogens is 344 g/mol. The van der Waals surface area contributed by atoms with E-state index >= 15 is 0 Å². The minimum Gasteiger partial charge on any atom is -0.273 e. The number of hydrogen-bond acceptors (Lipinski definition) is 2. The second kappa shape index (κ2) is 8.49. The van der Waals surface area contributed by atoms with Crippen LogP contribution in [0.4, 0.5) is 0 Å². The minimum atomic E-state index is -0.0182. The lowest BCUT2D eigenvalue weighted by Crippen LogP contribution is -2.21. The number of nitrogens with one attached hydrogen (secondary N) is 1. The molecule has 0 aliphatic heterocycles. The van der Waals surface area contributed by atoms with Crippen molar-refractivity contribution in [3.63, 3.8) is 0 Å². The zero-order chi connectivity index (χ0) is 19.2. The highest BCUT2D eigenvalue weighted by Crippen LogP contribution is 2.47. The number of allylic oxidation sites excluding steroid dienone is 1. The van der Waals surface area contributed by atoms with Crippen LogP contribution in [0.25, 0.3) is 6.08 Å². The Morgan fingerprint density at radius 3 is 2.14 bits per heavy atom. The lowest BCUT2D eigenvalue weighted by molar-refractivity contribution is -0.122. The Bertz CT molecular complexity index is 979. The number of carbonyl (C=O) groups is 1. The predicted octanol–water partition coefficient (Wildman–Crippen LogP) is 5.02. The van der Waals surface area contributed by atoms with E-state index in [-0.39, 0.29) is 11.8 Å². The molecule has 3 heteroatoms. The van der Waals surface area contributed by atoms with Crippen LogP contribution in [0.3, 0.4) is 0 Å². The molecule has 4 rings (SSSR count). The number of hydrazone groups is 1. The highest BCUT2D eigenvalue weighted by atomic mass is 16.2. The Morgan fingerprint density at radius 2 is 1.46 bits per heavy atom. The fourth-order valence-corrected chi connectivity index (χ4v) is 3.30. The Hall–Kier alpha value is -3.46. The van der Waals surface area contributed by atoms with Crippen molar-refractivity contribution in [2.45, 2.75) is 12.3 Å². The lowest BCUT2D eigenvalue weighted by Gasteiger charge is -2.04. The van der Waals surface area contributed by atoms with Crippen LogP contribution in [-0.4, -0.2) is 11.6 Å². The van der Waals surface area contributed by atoms with Crippen LogP contribution in [0.1, 0.15) is 29.0 Å². The summed E-state index contributed by atoms with van der Waals surface area (Å²) in [7, 11) is 0. The van der Waals surface area contributed by atoms with Gasteiger partial charge >= 0.3 is 0 Å². The van der Waals surface area contributed by atoms with Crippen molar-refractivity contribution in [1.29, 1.82) is 0 Å². The molecule has 0 unspecified atom stereocenters. The number of rotatable bonds is 6. The molecule has 0 radical (unpaired) electrons. The van der Waals surface area contributed by atoms with E-state index in [1.165, 1.54) is 5.56 Å². The van der Waals surface area contributed by atoms with E-state index in [0.717, 1.165) is 23.3 Å². The number of hydrogen-bond donors (Lipinski definition) is 1. The summed E-state index contributed by atoms with van der Waals surface area (Å²) in [5, 5.41) is 4.43. The molecule has 3 nitrogen and oxygen atoms in total. The molecular formula is C25H22N2O. The topological polar surface area (TPSA) is 41.5 Å². The van der Waals surface area contributed by atoms with Crippen molar-refractivity contribution in [1.82, 2.24) is 5.43 Å². The third kappa shape index (κ3) is 4.44. The van der Waals surface area contributed by atoms with Gasteiger partial charge in [0.25, 0.3) is 0 Å². The van der Waals surface area contributed by atoms with E-state index in [1.807, 2.05) is 91.0 Å². The predicted molar refractivity (Wildman–Crippen MR) is 114 cm³/mol. The van der Waals surface area contributed by atoms with Crippen molar-refractivity contribution in [3.8, 4) is 0 Å². The quantitative estimate of drug-likeness (QED) is 0.483. The molecule has 1 amide bonds. The summed E-state index contributed by atoms with van der Waals surface area (Å²) in [6.07, 6.45) is 4.82. The molecule has 28 heavy (non-hydrogen) atoms. The maximum absolute atomic E-state index is 12.6. The minimum absolute atomic E-state index is 0.00118. The molecule has 1 aliphatic carbocycles. The first-order valence-electron chi connectivity index (χ1n) is 9.52. The zero-order valence-electron chi connectivity index (χ0n) is 15.5. The lowest BCUT2D eigenvalue weighted by atomic mass is 10.1. The van der Waals surface area contributed by atoms with Crippen LogP contribution in [0.15, 0.2) is 102 Å². The largest absolute Gasteiger partial charge is 0.273 e. The highest BCUT2D eigenvalue weighted by molar-refractivity contribution is 6.11. The zero-order valence-corrected chi connectivity index (χ0v) is 15.5. The van der Waals surface area contributed by atoms with Crippen molar-refractivity contribution in [2.75, 3.05) is 0 Å². The van der Waals surface area contributed by atoms with E-state index in [1.54, 1.807) is 0 Å². The highest BCUT2D eigenvalue weighted by Gasteiger charge is 2.43. The fraction of sp³-hybridized carbons (Fsp3) is 0.120. The standard InChI is InChI=1S/C25H22N2O/c28-25(23-18-22(23)20-12-6-2-7-13-20)27-26-24(21-14-8-3-9-15-21)17-16-19-10-4-1-5-11-19/h1-17,22-23H,18H2,(H,27,28)/b17-16+,26-24+/t22-,23-/m1/s1. The number of benzene rings is 3. The summed E-state index contributed by atoms with van der Waals surface area (Å²) >= 11 is 0. The SMILES string of the molecule is O=C(N/N=C(\C=C\c1ccccc1)c1ccccc1)[C@@H]1C[C@@H]1c1ccccc1. The van der Waals surface area contributed by atoms with Crippen LogP contribution < -0.4 is 5.43 Å². The third-order valence-corrected chi connectivity index (χ3v) is 4.94. The summed E-state index contributed by atoms with van der Waals surface area (Å²) < 4.78 is 0. The van der Waals surface area contributed by atoms with E-state index in [9.17, 15) is 4.79 Å². The monoisotopic (exact) mass is 366 g/mol. The van der Waals surface area contributed by atoms with E-state index in [0.29, 0.717) is 5.92 Å². The summed E-state index contributed by atoms with van der Waals surface area (Å²) in [4.78, 5) is 12.6. The summed E-state index contributed by atoms with van der Waals surface area (Å²) in [5.41, 5.74) is 6.78. The maximum atomic E-state index is 12.6. The molecule has 138 valence electrons. The van der Waals surface area contributed by atoms with E-state index < -0.39 is 0 Å². The maximum Gasteiger partial charge on any atom is 0.243 e. The van der Waals surface area contributed by atoms with Crippen LogP contribution in [0.5, 0.6) is 0 Å². The number of carbonyl (C=O) groups excluding carboxylic acids is 1. The van der Waals surface area contributed by atoms with Gasteiger partial charge in [0.2, 0.25) is 5.91 Å². The van der Waals surface area contributed by atoms with Gasteiger partial charge in [0.1, 0.15) is 0 Å². The summed E-state index contributed by atoms with van der Waals surface area (Å²) in [6.45, 7) is 0. The van der Waals surface area contributed by atoms with Crippen molar-refractivity contribution >= 4 is 17.7 Å². The van der Waals surface area contributed by atoms with Gasteiger partial charge in [-0.1, -0.05) is 97.1 Å². The van der Waals surface area contributed by atoms with Crippen LogP contribution >= 0.6 is 0 Å². The molecule has 3 aromatic carbocycles. The number of nitrogens with zero attached hydrogens (tertiary/aromatic N) is 1. The van der Waals surface area contributed by atoms with E-state index in [2.05, 4.69) is 22.7 Å². The molecule has 3 aromatic rings. The Labute approximate surface area is 165 Å². The van der Waals surface area contributed by atoms with Crippen LogP contribution in [0, 0.1) is 5.92 Å². The first-order valence-corrected chi connectivity index (χ1v) is 9.52. The molecule has 1 fully saturated rings. The molecule has 0 spiro atoms. The first kappa shape index (κ1) is 17.9. The third-order valence-electron chi connectivity index (χ3n) is 4.94. The van der Waals surface area contributed by atoms with Crippen molar-refractivity contribution in [3.05, 3.63) is 114 Å². The molecule has 0 heterocycles. The fourth-order valence-electron chi connectivity index (χ4n) is 3.30. The van der Waals surface area contributed by atoms with Gasteiger partial charge < -0.3 is 0 Å². The Kier molecular flexibility index (Phi) is 5.43. The molecule has 0 bridgehead atoms. The average Bonchev–Trinajstić information content (AvgIpc) is 3.57. The van der Waals surface area contributed by atoms with E-state index in [4.69, 9.17) is 0 Å². The summed E-state index contributed by atoms with van der Waals surface area (Å²) in [6, 6.07) is 30.1. The molecule has 1 saturated carbocycles. The second-order valence-electron chi connectivity index (χ2n) is 6.94. The van der Waals surface area contributed by atoms with Gasteiger partial charge in [0, 0.05) is 11.5 Å². The van der Waals surface area contributed by atoms with Gasteiger partial charge in [0.15, 0.2) is 0 Å². The first-order chi connectivity index (χ1) is 13.8. The average molecular weight is 366 g/mol. The van der Waals surface area contributed by atoms with Crippen molar-refractivity contribution < 1.29 is 4.79 Å². The normalized spacial score (nSPS) is 18.8. The van der Waals surface area contributed by atoms with Crippen LogP contribution in [0.2, 0.25) is 0 Å². The molecule has 1 aliphatic rings. The van der Waals surface area contributed by atoms with Gasteiger partial charge in [0.05, 0.1) is 5.71 Å². The van der Waals surface area contributed by atoms with Crippen LogP contribution in [-0.2, 0) is 4.79 Å². The van der Waals surface area contributed by atoms with Gasteiger partial charge in [-0.2, -0.15) is 5.10 Å². The molecule has 0 aromatic heterocycles. The van der Waals surface area contributed by atoms with Gasteiger partial charge in [-0.05, 0) is 29.5 Å². The van der Waals surface area contributed by atoms with Gasteiger partial charge in [-0.25, -0.2) is 5.43 Å². The molecule has 2 atom stereocenters. The number of amides is 1. The van der Waals surface area contributed by atoms with Gasteiger partial charge in [-0.3, -0.25) is 4.79 Å². The molecule has 0 saturated heterocycles. The Balaban J connectivity index is 1.48. The summed E-state index contributed by atoms with van der Waals surface area (Å²) in [5.74, 6) is 0.285.